The first-order valence-corrected chi connectivity index (χ1v) is 4.92. The molecule has 0 atom stereocenters. The fourth-order valence-corrected chi connectivity index (χ4v) is 1.36. The van der Waals surface area contributed by atoms with E-state index in [4.69, 9.17) is 11.6 Å². The van der Waals surface area contributed by atoms with Crippen LogP contribution in [0.15, 0.2) is 24.3 Å². The molecule has 106 valence electrons. The van der Waals surface area contributed by atoms with Gasteiger partial charge in [0.2, 0.25) is 5.78 Å². The van der Waals surface area contributed by atoms with Crippen molar-refractivity contribution >= 4 is 17.4 Å². The molecule has 0 N–H and O–H groups in total. The fraction of sp³-hybridized carbons (Fsp3) is 0.300. The van der Waals surface area contributed by atoms with Crippen LogP contribution in [-0.2, 0) is 0 Å². The summed E-state index contributed by atoms with van der Waals surface area (Å²) in [5.74, 6) is -15.1. The van der Waals surface area contributed by atoms with E-state index >= 15 is 0 Å². The average molecular weight is 309 g/mol. The van der Waals surface area contributed by atoms with Crippen molar-refractivity contribution < 1.29 is 35.5 Å². The number of benzene rings is 1. The molecule has 9 heteroatoms. The Morgan fingerprint density at radius 2 is 1.42 bits per heavy atom. The van der Waals surface area contributed by atoms with Crippen LogP contribution in [0.1, 0.15) is 10.4 Å². The highest BCUT2D eigenvalue weighted by Gasteiger charge is 2.76. The maximum absolute atomic E-state index is 13.1. The highest BCUT2D eigenvalue weighted by Crippen LogP contribution is 2.48. The summed E-state index contributed by atoms with van der Waals surface area (Å²) in [6.45, 7) is 0. The van der Waals surface area contributed by atoms with Crippen LogP contribution < -0.4 is 0 Å². The van der Waals surface area contributed by atoms with E-state index in [1.165, 1.54) is 6.07 Å². The topological polar surface area (TPSA) is 17.1 Å². The highest BCUT2D eigenvalue weighted by atomic mass is 35.5. The van der Waals surface area contributed by atoms with Gasteiger partial charge in [-0.2, -0.15) is 30.7 Å². The van der Waals surface area contributed by atoms with Gasteiger partial charge in [0.25, 0.3) is 0 Å². The van der Waals surface area contributed by atoms with Crippen molar-refractivity contribution in [3.05, 3.63) is 34.9 Å². The van der Waals surface area contributed by atoms with E-state index in [1.807, 2.05) is 0 Å². The zero-order valence-electron chi connectivity index (χ0n) is 8.74. The molecule has 0 heterocycles. The smallest absolute Gasteiger partial charge is 0.287 e. The Morgan fingerprint density at radius 3 is 1.84 bits per heavy atom. The summed E-state index contributed by atoms with van der Waals surface area (Å²) < 4.78 is 87.1. The van der Waals surface area contributed by atoms with Crippen LogP contribution in [0.4, 0.5) is 30.7 Å². The van der Waals surface area contributed by atoms with E-state index in [9.17, 15) is 35.5 Å². The Labute approximate surface area is 107 Å². The van der Waals surface area contributed by atoms with Gasteiger partial charge in [-0.1, -0.05) is 23.7 Å². The molecule has 0 spiro atoms. The number of halogens is 8. The van der Waals surface area contributed by atoms with E-state index in [0.29, 0.717) is 6.07 Å². The minimum absolute atomic E-state index is 0.630. The predicted octanol–water partition coefficient (Wildman–Crippen LogP) is 4.36. The molecule has 0 aromatic heterocycles. The lowest BCUT2D eigenvalue weighted by molar-refractivity contribution is -0.339. The molecule has 0 saturated carbocycles. The Balaban J connectivity index is 3.29. The third-order valence-corrected chi connectivity index (χ3v) is 2.48. The van der Waals surface area contributed by atoms with Crippen molar-refractivity contribution in [1.82, 2.24) is 0 Å². The van der Waals surface area contributed by atoms with Crippen molar-refractivity contribution in [3.8, 4) is 0 Å². The van der Waals surface area contributed by atoms with Gasteiger partial charge in [0.05, 0.1) is 5.02 Å². The molecule has 19 heavy (non-hydrogen) atoms. The Kier molecular flexibility index (Phi) is 3.86. The predicted molar refractivity (Wildman–Crippen MR) is 51.7 cm³/mol. The molecule has 0 amide bonds. The van der Waals surface area contributed by atoms with Gasteiger partial charge >= 0.3 is 18.0 Å². The molecule has 0 aliphatic rings. The van der Waals surface area contributed by atoms with Crippen molar-refractivity contribution in [3.63, 3.8) is 0 Å². The number of ketones is 1. The van der Waals surface area contributed by atoms with E-state index in [2.05, 4.69) is 0 Å². The number of hydrogen-bond acceptors (Lipinski definition) is 1. The van der Waals surface area contributed by atoms with Gasteiger partial charge in [0.1, 0.15) is 0 Å². The number of Topliss-reactive ketones (excluding diaryl/α,β-unsaturated/α-hetero) is 1. The standard InChI is InChI=1S/C10H4ClF7O/c11-6-4-2-1-3-5(6)7(19)8(12,13)9(14,15)10(16,17)18/h1-4H. The summed E-state index contributed by atoms with van der Waals surface area (Å²) in [6, 6.07) is 3.74. The first kappa shape index (κ1) is 15.7. The molecule has 0 aliphatic heterocycles. The molecule has 1 rings (SSSR count). The Hall–Kier alpha value is -1.31. The van der Waals surface area contributed by atoms with Gasteiger partial charge in [0, 0.05) is 5.56 Å². The van der Waals surface area contributed by atoms with Crippen LogP contribution in [0.2, 0.25) is 5.02 Å². The maximum atomic E-state index is 13.1. The van der Waals surface area contributed by atoms with Gasteiger partial charge < -0.3 is 0 Å². The number of rotatable bonds is 3. The second-order valence-electron chi connectivity index (χ2n) is 3.46. The summed E-state index contributed by atoms with van der Waals surface area (Å²) in [7, 11) is 0. The lowest BCUT2D eigenvalue weighted by Crippen LogP contribution is -2.56. The first-order chi connectivity index (χ1) is 8.43. The molecular weight excluding hydrogens is 305 g/mol. The van der Waals surface area contributed by atoms with Gasteiger partial charge in [0.15, 0.2) is 0 Å². The molecule has 0 fully saturated rings. The lowest BCUT2D eigenvalue weighted by Gasteiger charge is -2.27. The second-order valence-corrected chi connectivity index (χ2v) is 3.86. The first-order valence-electron chi connectivity index (χ1n) is 4.54. The molecule has 0 saturated heterocycles. The second kappa shape index (κ2) is 4.66. The fourth-order valence-electron chi connectivity index (χ4n) is 1.14. The number of carbonyl (C=O) groups excluding carboxylic acids is 1. The molecule has 0 radical (unpaired) electrons. The zero-order valence-corrected chi connectivity index (χ0v) is 9.50. The van der Waals surface area contributed by atoms with Gasteiger partial charge in [-0.3, -0.25) is 4.79 Å². The van der Waals surface area contributed by atoms with Crippen LogP contribution in [-0.4, -0.2) is 23.8 Å². The molecule has 1 aromatic rings. The van der Waals surface area contributed by atoms with Crippen molar-refractivity contribution in [1.29, 1.82) is 0 Å². The normalized spacial score (nSPS) is 13.5. The van der Waals surface area contributed by atoms with Crippen LogP contribution in [0.3, 0.4) is 0 Å². The van der Waals surface area contributed by atoms with Crippen molar-refractivity contribution in [2.75, 3.05) is 0 Å². The quantitative estimate of drug-likeness (QED) is 0.599. The third kappa shape index (κ3) is 2.54. The summed E-state index contributed by atoms with van der Waals surface area (Å²) in [4.78, 5) is 11.2. The minimum atomic E-state index is -6.56. The van der Waals surface area contributed by atoms with E-state index < -0.39 is 34.4 Å². The van der Waals surface area contributed by atoms with Crippen molar-refractivity contribution in [2.24, 2.45) is 0 Å². The molecule has 0 bridgehead atoms. The molecule has 0 aliphatic carbocycles. The minimum Gasteiger partial charge on any atom is -0.287 e. The molecular formula is C10H4ClF7O. The van der Waals surface area contributed by atoms with Gasteiger partial charge in [-0.25, -0.2) is 0 Å². The number of hydrogen-bond donors (Lipinski definition) is 0. The Bertz CT molecular complexity index is 495. The van der Waals surface area contributed by atoms with Crippen LogP contribution in [0.5, 0.6) is 0 Å². The molecule has 1 nitrogen and oxygen atoms in total. The third-order valence-electron chi connectivity index (χ3n) is 2.15. The summed E-state index contributed by atoms with van der Waals surface area (Å²) >= 11 is 5.31. The number of carbonyl (C=O) groups is 1. The van der Waals surface area contributed by atoms with E-state index in [1.54, 1.807) is 0 Å². The number of alkyl halides is 7. The van der Waals surface area contributed by atoms with Crippen LogP contribution in [0, 0.1) is 0 Å². The largest absolute Gasteiger partial charge is 0.460 e. The molecule has 1 aromatic carbocycles. The van der Waals surface area contributed by atoms with E-state index in [-0.39, 0.29) is 0 Å². The monoisotopic (exact) mass is 308 g/mol. The van der Waals surface area contributed by atoms with Crippen molar-refractivity contribution in [2.45, 2.75) is 18.0 Å². The maximum Gasteiger partial charge on any atom is 0.460 e. The van der Waals surface area contributed by atoms with E-state index in [0.717, 1.165) is 12.1 Å². The summed E-state index contributed by atoms with van der Waals surface area (Å²) in [6.07, 6.45) is -6.56. The van der Waals surface area contributed by atoms with Crippen LogP contribution in [0.25, 0.3) is 0 Å². The summed E-state index contributed by atoms with van der Waals surface area (Å²) in [5, 5.41) is -0.648. The lowest BCUT2D eigenvalue weighted by atomic mass is 10.00. The zero-order chi connectivity index (χ0) is 15.1. The summed E-state index contributed by atoms with van der Waals surface area (Å²) in [5.41, 5.74) is -1.11. The van der Waals surface area contributed by atoms with Gasteiger partial charge in [-0.15, -0.1) is 0 Å². The Morgan fingerprint density at radius 1 is 0.947 bits per heavy atom. The SMILES string of the molecule is O=C(c1ccccc1Cl)C(F)(F)C(F)(F)C(F)(F)F. The van der Waals surface area contributed by atoms with Crippen LogP contribution >= 0.6 is 11.6 Å². The molecule has 0 unspecified atom stereocenters. The average Bonchev–Trinajstić information content (AvgIpc) is 2.27. The highest BCUT2D eigenvalue weighted by molar-refractivity contribution is 6.34. The van der Waals surface area contributed by atoms with Gasteiger partial charge in [-0.05, 0) is 12.1 Å².